The van der Waals surface area contributed by atoms with E-state index < -0.39 is 20.4 Å². The zero-order chi connectivity index (χ0) is 15.4. The quantitative estimate of drug-likeness (QED) is 0.871. The molecule has 0 amide bonds. The fourth-order valence-electron chi connectivity index (χ4n) is 1.59. The van der Waals surface area contributed by atoms with Gasteiger partial charge in [-0.2, -0.15) is 0 Å². The first kappa shape index (κ1) is 16.9. The van der Waals surface area contributed by atoms with Crippen molar-refractivity contribution in [2.45, 2.75) is 31.9 Å². The number of benzene rings is 1. The molecule has 0 radical (unpaired) electrons. The molecule has 0 saturated carbocycles. The van der Waals surface area contributed by atoms with Gasteiger partial charge in [0, 0.05) is 6.07 Å². The predicted octanol–water partition coefficient (Wildman–Crippen LogP) is 1.92. The lowest BCUT2D eigenvalue weighted by Crippen LogP contribution is -2.32. The van der Waals surface area contributed by atoms with E-state index in [2.05, 4.69) is 0 Å². The van der Waals surface area contributed by atoms with Crippen molar-refractivity contribution in [3.63, 3.8) is 0 Å². The second-order valence-corrected chi connectivity index (χ2v) is 8.48. The number of sulfone groups is 1. The van der Waals surface area contributed by atoms with Crippen molar-refractivity contribution in [3.8, 4) is 5.75 Å². The zero-order valence-corrected chi connectivity index (χ0v) is 13.0. The Hall–Kier alpha value is -1.14. The second-order valence-electron chi connectivity index (χ2n) is 5.61. The minimum Gasteiger partial charge on any atom is -0.492 e. The zero-order valence-electron chi connectivity index (χ0n) is 12.1. The molecule has 0 spiro atoms. The van der Waals surface area contributed by atoms with Gasteiger partial charge in [0.2, 0.25) is 0 Å². The molecule has 6 heteroatoms. The average molecular weight is 303 g/mol. The van der Waals surface area contributed by atoms with Crippen molar-refractivity contribution >= 4 is 9.84 Å². The highest BCUT2D eigenvalue weighted by Crippen LogP contribution is 2.19. The van der Waals surface area contributed by atoms with E-state index in [0.717, 1.165) is 5.56 Å². The maximum Gasteiger partial charge on any atom is 0.158 e. The van der Waals surface area contributed by atoms with Crippen LogP contribution in [0.5, 0.6) is 5.75 Å². The Bertz CT molecular complexity index is 550. The van der Waals surface area contributed by atoms with Gasteiger partial charge < -0.3 is 10.5 Å². The molecule has 0 aliphatic heterocycles. The smallest absolute Gasteiger partial charge is 0.158 e. The van der Waals surface area contributed by atoms with Crippen LogP contribution in [0, 0.1) is 5.82 Å². The van der Waals surface area contributed by atoms with Crippen LogP contribution in [0.15, 0.2) is 18.2 Å². The summed E-state index contributed by atoms with van der Waals surface area (Å²) in [6.45, 7) is 5.35. The van der Waals surface area contributed by atoms with Crippen molar-refractivity contribution in [2.75, 3.05) is 18.9 Å². The predicted molar refractivity (Wildman–Crippen MR) is 78.2 cm³/mol. The van der Waals surface area contributed by atoms with Crippen LogP contribution in [0.3, 0.4) is 0 Å². The topological polar surface area (TPSA) is 69.4 Å². The van der Waals surface area contributed by atoms with Crippen molar-refractivity contribution in [3.05, 3.63) is 29.6 Å². The molecular weight excluding hydrogens is 281 g/mol. The molecule has 1 aromatic rings. The maximum atomic E-state index is 13.4. The summed E-state index contributed by atoms with van der Waals surface area (Å²) in [5, 5.41) is 0. The third-order valence-electron chi connectivity index (χ3n) is 2.92. The summed E-state index contributed by atoms with van der Waals surface area (Å²) in [6.07, 6.45) is 0.550. The molecule has 1 aromatic carbocycles. The highest BCUT2D eigenvalue weighted by Gasteiger charge is 2.28. The lowest BCUT2D eigenvalue weighted by molar-refractivity contribution is 0.337. The van der Waals surface area contributed by atoms with Crippen molar-refractivity contribution in [1.29, 1.82) is 0 Å². The van der Waals surface area contributed by atoms with E-state index in [-0.39, 0.29) is 12.4 Å². The summed E-state index contributed by atoms with van der Waals surface area (Å²) in [6, 6.07) is 4.31. The SMILES string of the molecule is CC(C)(C)S(=O)(=O)CCOc1cc(F)cc(CCN)c1. The molecule has 0 aliphatic rings. The van der Waals surface area contributed by atoms with Gasteiger partial charge in [0.1, 0.15) is 18.2 Å². The summed E-state index contributed by atoms with van der Waals surface area (Å²) < 4.78 is 41.7. The Balaban J connectivity index is 2.67. The van der Waals surface area contributed by atoms with Crippen LogP contribution in [0.4, 0.5) is 4.39 Å². The fraction of sp³-hybridized carbons (Fsp3) is 0.571. The van der Waals surface area contributed by atoms with E-state index in [9.17, 15) is 12.8 Å². The monoisotopic (exact) mass is 303 g/mol. The Kier molecular flexibility index (Phi) is 5.53. The Morgan fingerprint density at radius 3 is 2.45 bits per heavy atom. The molecule has 0 unspecified atom stereocenters. The van der Waals surface area contributed by atoms with Crippen LogP contribution in [-0.2, 0) is 16.3 Å². The summed E-state index contributed by atoms with van der Waals surface area (Å²) in [5.74, 6) is -0.179. The number of nitrogens with two attached hydrogens (primary N) is 1. The number of halogens is 1. The van der Waals surface area contributed by atoms with Crippen molar-refractivity contribution in [1.82, 2.24) is 0 Å². The van der Waals surface area contributed by atoms with Crippen LogP contribution in [-0.4, -0.2) is 32.1 Å². The van der Waals surface area contributed by atoms with E-state index in [1.807, 2.05) is 0 Å². The number of ether oxygens (including phenoxy) is 1. The van der Waals surface area contributed by atoms with E-state index in [1.165, 1.54) is 12.1 Å². The molecule has 1 rings (SSSR count). The van der Waals surface area contributed by atoms with E-state index >= 15 is 0 Å². The highest BCUT2D eigenvalue weighted by atomic mass is 32.2. The minimum atomic E-state index is -3.24. The summed E-state index contributed by atoms with van der Waals surface area (Å²) in [7, 11) is -3.24. The molecule has 0 saturated heterocycles. The van der Waals surface area contributed by atoms with Crippen molar-refractivity contribution in [2.24, 2.45) is 5.73 Å². The minimum absolute atomic E-state index is 0.00508. The van der Waals surface area contributed by atoms with Crippen LogP contribution in [0.2, 0.25) is 0 Å². The van der Waals surface area contributed by atoms with Gasteiger partial charge in [-0.25, -0.2) is 12.8 Å². The molecule has 0 fully saturated rings. The molecule has 4 nitrogen and oxygen atoms in total. The molecule has 0 atom stereocenters. The van der Waals surface area contributed by atoms with Gasteiger partial charge in [-0.05, 0) is 51.4 Å². The first-order valence-corrected chi connectivity index (χ1v) is 8.15. The molecule has 114 valence electrons. The lowest BCUT2D eigenvalue weighted by atomic mass is 10.1. The molecule has 0 aromatic heterocycles. The van der Waals surface area contributed by atoms with Gasteiger partial charge in [0.15, 0.2) is 9.84 Å². The van der Waals surface area contributed by atoms with Crippen LogP contribution >= 0.6 is 0 Å². The Morgan fingerprint density at radius 1 is 1.25 bits per heavy atom. The number of rotatable bonds is 6. The van der Waals surface area contributed by atoms with Gasteiger partial charge >= 0.3 is 0 Å². The first-order chi connectivity index (χ1) is 9.15. The molecule has 0 heterocycles. The normalized spacial score (nSPS) is 12.4. The van der Waals surface area contributed by atoms with Gasteiger partial charge in [-0.15, -0.1) is 0 Å². The van der Waals surface area contributed by atoms with Crippen molar-refractivity contribution < 1.29 is 17.5 Å². The second kappa shape index (κ2) is 6.54. The maximum absolute atomic E-state index is 13.4. The van der Waals surface area contributed by atoms with Crippen LogP contribution < -0.4 is 10.5 Å². The third-order valence-corrected chi connectivity index (χ3v) is 5.49. The molecule has 2 N–H and O–H groups in total. The third kappa shape index (κ3) is 4.76. The molecular formula is C14H22FNO3S. The fourth-order valence-corrected chi connectivity index (χ4v) is 2.51. The lowest BCUT2D eigenvalue weighted by Gasteiger charge is -2.19. The van der Waals surface area contributed by atoms with Gasteiger partial charge in [-0.3, -0.25) is 0 Å². The Labute approximate surface area is 120 Å². The summed E-state index contributed by atoms with van der Waals surface area (Å²) in [4.78, 5) is 0. The highest BCUT2D eigenvalue weighted by molar-refractivity contribution is 7.92. The Morgan fingerprint density at radius 2 is 1.90 bits per heavy atom. The standard InChI is InChI=1S/C14H22FNO3S/c1-14(2,3)20(17,18)7-6-19-13-9-11(4-5-16)8-12(15)10-13/h8-10H,4-7,16H2,1-3H3. The summed E-state index contributed by atoms with van der Waals surface area (Å²) >= 11 is 0. The van der Waals surface area contributed by atoms with Crippen LogP contribution in [0.1, 0.15) is 26.3 Å². The summed E-state index contributed by atoms with van der Waals surface area (Å²) in [5.41, 5.74) is 6.16. The molecule has 0 bridgehead atoms. The van der Waals surface area contributed by atoms with Crippen LogP contribution in [0.25, 0.3) is 0 Å². The van der Waals surface area contributed by atoms with Gasteiger partial charge in [0.05, 0.1) is 10.5 Å². The molecule has 0 aliphatic carbocycles. The number of hydrogen-bond acceptors (Lipinski definition) is 4. The van der Waals surface area contributed by atoms with Gasteiger partial charge in [-0.1, -0.05) is 0 Å². The van der Waals surface area contributed by atoms with Gasteiger partial charge in [0.25, 0.3) is 0 Å². The first-order valence-electron chi connectivity index (χ1n) is 6.50. The van der Waals surface area contributed by atoms with E-state index in [1.54, 1.807) is 26.8 Å². The van der Waals surface area contributed by atoms with E-state index in [0.29, 0.717) is 18.7 Å². The van der Waals surface area contributed by atoms with E-state index in [4.69, 9.17) is 10.5 Å². The average Bonchev–Trinajstić information content (AvgIpc) is 2.26. The molecule has 20 heavy (non-hydrogen) atoms. The largest absolute Gasteiger partial charge is 0.492 e. The number of hydrogen-bond donors (Lipinski definition) is 1.